The van der Waals surface area contributed by atoms with Crippen molar-refractivity contribution < 1.29 is 19.5 Å². The number of piperazine rings is 1. The molecule has 2 amide bonds. The highest BCUT2D eigenvalue weighted by molar-refractivity contribution is 5.90. The normalized spacial score (nSPS) is 30.9. The van der Waals surface area contributed by atoms with Crippen molar-refractivity contribution in [2.75, 3.05) is 6.54 Å². The number of carboxylic acid groups (broad SMARTS) is 1. The quantitative estimate of drug-likeness (QED) is 0.809. The van der Waals surface area contributed by atoms with Crippen molar-refractivity contribution in [3.8, 4) is 0 Å². The summed E-state index contributed by atoms with van der Waals surface area (Å²) in [4.78, 5) is 37.5. The molecule has 21 heavy (non-hydrogen) atoms. The van der Waals surface area contributed by atoms with E-state index in [1.54, 1.807) is 4.90 Å². The van der Waals surface area contributed by atoms with Crippen molar-refractivity contribution >= 4 is 17.8 Å². The van der Waals surface area contributed by atoms with Gasteiger partial charge < -0.3 is 15.3 Å². The van der Waals surface area contributed by atoms with Gasteiger partial charge >= 0.3 is 5.97 Å². The van der Waals surface area contributed by atoms with Crippen LogP contribution in [0.15, 0.2) is 0 Å². The van der Waals surface area contributed by atoms with Crippen LogP contribution in [-0.4, -0.2) is 46.4 Å². The van der Waals surface area contributed by atoms with E-state index in [1.807, 2.05) is 0 Å². The smallest absolute Gasteiger partial charge is 0.310 e. The van der Waals surface area contributed by atoms with Gasteiger partial charge in [-0.2, -0.15) is 0 Å². The number of nitrogens with one attached hydrogen (secondary N) is 1. The number of amides is 2. The highest BCUT2D eigenvalue weighted by Gasteiger charge is 2.48. The van der Waals surface area contributed by atoms with Crippen molar-refractivity contribution in [3.63, 3.8) is 0 Å². The van der Waals surface area contributed by atoms with E-state index in [0.717, 1.165) is 32.1 Å². The van der Waals surface area contributed by atoms with Gasteiger partial charge in [0.2, 0.25) is 11.8 Å². The number of nitrogens with zero attached hydrogens (tertiary/aromatic N) is 1. The lowest BCUT2D eigenvalue weighted by Crippen LogP contribution is -2.63. The van der Waals surface area contributed by atoms with Crippen molar-refractivity contribution in [2.24, 2.45) is 5.41 Å². The van der Waals surface area contributed by atoms with Gasteiger partial charge in [0, 0.05) is 12.5 Å². The molecule has 3 aliphatic rings. The first-order valence-corrected chi connectivity index (χ1v) is 7.84. The molecule has 0 aromatic carbocycles. The summed E-state index contributed by atoms with van der Waals surface area (Å²) < 4.78 is 0. The maximum atomic E-state index is 12.6. The minimum absolute atomic E-state index is 0.0405. The van der Waals surface area contributed by atoms with Gasteiger partial charge in [-0.15, -0.1) is 0 Å². The second-order valence-electron chi connectivity index (χ2n) is 6.66. The highest BCUT2D eigenvalue weighted by atomic mass is 16.4. The second kappa shape index (κ2) is 5.31. The summed E-state index contributed by atoms with van der Waals surface area (Å²) in [6.07, 6.45) is 5.99. The Labute approximate surface area is 123 Å². The maximum Gasteiger partial charge on any atom is 0.310 e. The summed E-state index contributed by atoms with van der Waals surface area (Å²) in [5, 5.41) is 12.3. The molecule has 6 heteroatoms. The third-order valence-electron chi connectivity index (χ3n) is 5.36. The van der Waals surface area contributed by atoms with Crippen molar-refractivity contribution in [1.82, 2.24) is 10.2 Å². The zero-order chi connectivity index (χ0) is 15.0. The number of carboxylic acids is 1. The fourth-order valence-corrected chi connectivity index (χ4v) is 3.91. The van der Waals surface area contributed by atoms with E-state index in [9.17, 15) is 19.5 Å². The average molecular weight is 294 g/mol. The molecule has 3 fully saturated rings. The predicted molar refractivity (Wildman–Crippen MR) is 74.4 cm³/mol. The lowest BCUT2D eigenvalue weighted by atomic mass is 9.66. The Morgan fingerprint density at radius 1 is 1.24 bits per heavy atom. The summed E-state index contributed by atoms with van der Waals surface area (Å²) in [7, 11) is 0. The minimum Gasteiger partial charge on any atom is -0.481 e. The number of hydrogen-bond acceptors (Lipinski definition) is 3. The molecule has 0 radical (unpaired) electrons. The van der Waals surface area contributed by atoms with Gasteiger partial charge in [-0.05, 0) is 25.7 Å². The number of aliphatic carboxylic acids is 1. The molecular formula is C15H22N2O4. The van der Waals surface area contributed by atoms with Crippen molar-refractivity contribution in [1.29, 1.82) is 0 Å². The number of carbonyl (C=O) groups excluding carboxylic acids is 2. The maximum absolute atomic E-state index is 12.6. The van der Waals surface area contributed by atoms with Crippen LogP contribution in [0.1, 0.15) is 51.4 Å². The van der Waals surface area contributed by atoms with Crippen LogP contribution in [0.25, 0.3) is 0 Å². The Hall–Kier alpha value is -1.59. The molecule has 2 unspecified atom stereocenters. The van der Waals surface area contributed by atoms with Crippen molar-refractivity contribution in [2.45, 2.75) is 63.5 Å². The first kappa shape index (κ1) is 14.4. The molecule has 2 N–H and O–H groups in total. The molecule has 1 heterocycles. The largest absolute Gasteiger partial charge is 0.481 e. The molecule has 2 saturated carbocycles. The molecule has 0 aromatic heterocycles. The molecule has 1 aliphatic heterocycles. The lowest BCUT2D eigenvalue weighted by Gasteiger charge is -2.46. The Bertz CT molecular complexity index is 472. The standard InChI is InChI=1S/C15H22N2O4/c18-12-9-17(11-5-2-1-4-10(11)16-12)13(19)8-15(14(20)21)6-3-7-15/h10-11H,1-9H2,(H,16,18)(H,20,21). The van der Waals surface area contributed by atoms with E-state index in [1.165, 1.54) is 0 Å². The fourth-order valence-electron chi connectivity index (χ4n) is 3.91. The zero-order valence-electron chi connectivity index (χ0n) is 12.1. The third kappa shape index (κ3) is 2.51. The topological polar surface area (TPSA) is 86.7 Å². The number of hydrogen-bond donors (Lipinski definition) is 2. The molecular weight excluding hydrogens is 272 g/mol. The van der Waals surface area contributed by atoms with Gasteiger partial charge in [0.25, 0.3) is 0 Å². The van der Waals surface area contributed by atoms with Gasteiger partial charge in [-0.3, -0.25) is 14.4 Å². The first-order chi connectivity index (χ1) is 10.0. The SMILES string of the molecule is O=C1CN(C(=O)CC2(C(=O)O)CCC2)C2CCCCC2N1. The summed E-state index contributed by atoms with van der Waals surface area (Å²) in [6, 6.07) is 0.0981. The summed E-state index contributed by atoms with van der Waals surface area (Å²) >= 11 is 0. The minimum atomic E-state index is -0.880. The van der Waals surface area contributed by atoms with E-state index in [4.69, 9.17) is 0 Å². The molecule has 0 aromatic rings. The molecule has 0 spiro atoms. The molecule has 3 rings (SSSR count). The van der Waals surface area contributed by atoms with Gasteiger partial charge in [0.05, 0.1) is 18.0 Å². The van der Waals surface area contributed by atoms with E-state index in [2.05, 4.69) is 5.32 Å². The zero-order valence-corrected chi connectivity index (χ0v) is 12.1. The summed E-state index contributed by atoms with van der Waals surface area (Å²) in [6.45, 7) is 0.0791. The average Bonchev–Trinajstić information content (AvgIpc) is 2.41. The van der Waals surface area contributed by atoms with Gasteiger partial charge in [0.1, 0.15) is 0 Å². The third-order valence-corrected chi connectivity index (χ3v) is 5.36. The van der Waals surface area contributed by atoms with E-state index >= 15 is 0 Å². The van der Waals surface area contributed by atoms with Crippen molar-refractivity contribution in [3.05, 3.63) is 0 Å². The first-order valence-electron chi connectivity index (χ1n) is 7.84. The van der Waals surface area contributed by atoms with E-state index in [-0.39, 0.29) is 36.9 Å². The Balaban J connectivity index is 1.73. The molecule has 116 valence electrons. The fraction of sp³-hybridized carbons (Fsp3) is 0.800. The molecule has 2 atom stereocenters. The molecule has 1 saturated heterocycles. The van der Waals surface area contributed by atoms with Crippen LogP contribution in [-0.2, 0) is 14.4 Å². The highest BCUT2D eigenvalue weighted by Crippen LogP contribution is 2.45. The van der Waals surface area contributed by atoms with Gasteiger partial charge in [0.15, 0.2) is 0 Å². The van der Waals surface area contributed by atoms with E-state index < -0.39 is 11.4 Å². The van der Waals surface area contributed by atoms with Gasteiger partial charge in [-0.25, -0.2) is 0 Å². The molecule has 6 nitrogen and oxygen atoms in total. The Morgan fingerprint density at radius 2 is 1.95 bits per heavy atom. The summed E-state index contributed by atoms with van der Waals surface area (Å²) in [5.74, 6) is -1.16. The molecule has 2 aliphatic carbocycles. The monoisotopic (exact) mass is 294 g/mol. The predicted octanol–water partition coefficient (Wildman–Crippen LogP) is 0.901. The van der Waals surface area contributed by atoms with E-state index in [0.29, 0.717) is 12.8 Å². The molecule has 0 bridgehead atoms. The lowest BCUT2D eigenvalue weighted by molar-refractivity contribution is -0.161. The Kier molecular flexibility index (Phi) is 3.63. The number of fused-ring (bicyclic) bond motifs is 1. The second-order valence-corrected chi connectivity index (χ2v) is 6.66. The van der Waals surface area contributed by atoms with Crippen LogP contribution >= 0.6 is 0 Å². The number of rotatable bonds is 3. The van der Waals surface area contributed by atoms with Crippen LogP contribution in [0.4, 0.5) is 0 Å². The van der Waals surface area contributed by atoms with Crippen LogP contribution in [0.3, 0.4) is 0 Å². The van der Waals surface area contributed by atoms with Crippen LogP contribution in [0.2, 0.25) is 0 Å². The summed E-state index contributed by atoms with van der Waals surface area (Å²) in [5.41, 5.74) is -0.880. The van der Waals surface area contributed by atoms with Gasteiger partial charge in [-0.1, -0.05) is 19.3 Å². The van der Waals surface area contributed by atoms with Crippen LogP contribution < -0.4 is 5.32 Å². The van der Waals surface area contributed by atoms with Crippen LogP contribution in [0, 0.1) is 5.41 Å². The number of carbonyl (C=O) groups is 3. The van der Waals surface area contributed by atoms with Crippen LogP contribution in [0.5, 0.6) is 0 Å². The Morgan fingerprint density at radius 3 is 2.57 bits per heavy atom.